The van der Waals surface area contributed by atoms with Gasteiger partial charge in [0, 0.05) is 10.4 Å². The van der Waals surface area contributed by atoms with Crippen LogP contribution in [0.15, 0.2) is 44.7 Å². The van der Waals surface area contributed by atoms with E-state index in [-0.39, 0.29) is 28.0 Å². The number of hydrogen-bond donors (Lipinski definition) is 1. The molecule has 1 aromatic heterocycles. The van der Waals surface area contributed by atoms with Crippen molar-refractivity contribution in [2.75, 3.05) is 6.61 Å². The number of nitrogens with zero attached hydrogens (tertiary/aromatic N) is 3. The Kier molecular flexibility index (Phi) is 8.33. The fraction of sp³-hybridized carbons (Fsp3) is 0.333. The van der Waals surface area contributed by atoms with Crippen molar-refractivity contribution in [2.24, 2.45) is 5.10 Å². The summed E-state index contributed by atoms with van der Waals surface area (Å²) in [6.45, 7) is 7.50. The smallest absolute Gasteiger partial charge is 0.344 e. The van der Waals surface area contributed by atoms with Gasteiger partial charge < -0.3 is 14.6 Å². The third-order valence-corrected chi connectivity index (χ3v) is 5.96. The SMILES string of the molecule is CCOc1cc(C=Nn2c([C@H](C)CC)nc3ccc(Br)cc3c2=O)cc(Cl)c1O[C@@H](C)C(=O)O. The second-order valence-electron chi connectivity index (χ2n) is 7.66. The first kappa shape index (κ1) is 25.7. The zero-order valence-corrected chi connectivity index (χ0v) is 21.6. The van der Waals surface area contributed by atoms with Crippen molar-refractivity contribution in [3.8, 4) is 11.5 Å². The molecular formula is C24H25BrClN3O5. The molecular weight excluding hydrogens is 526 g/mol. The second kappa shape index (κ2) is 11.0. The maximum atomic E-state index is 13.3. The Morgan fingerprint density at radius 1 is 1.29 bits per heavy atom. The van der Waals surface area contributed by atoms with Gasteiger partial charge >= 0.3 is 5.97 Å². The van der Waals surface area contributed by atoms with E-state index in [2.05, 4.69) is 26.0 Å². The highest BCUT2D eigenvalue weighted by Crippen LogP contribution is 2.37. The van der Waals surface area contributed by atoms with Gasteiger partial charge in [0.05, 0.1) is 28.7 Å². The topological polar surface area (TPSA) is 103 Å². The van der Waals surface area contributed by atoms with Gasteiger partial charge in [-0.1, -0.05) is 41.4 Å². The number of fused-ring (bicyclic) bond motifs is 1. The summed E-state index contributed by atoms with van der Waals surface area (Å²) in [6.07, 6.45) is 1.14. The molecule has 10 heteroatoms. The van der Waals surface area contributed by atoms with E-state index in [1.807, 2.05) is 19.9 Å². The molecule has 1 N–H and O–H groups in total. The molecule has 180 valence electrons. The van der Waals surface area contributed by atoms with Crippen LogP contribution in [-0.4, -0.2) is 39.7 Å². The van der Waals surface area contributed by atoms with E-state index in [0.29, 0.717) is 28.9 Å². The van der Waals surface area contributed by atoms with Crippen LogP contribution in [0, 0.1) is 0 Å². The molecule has 2 atom stereocenters. The standard InChI is InChI=1S/C24H25BrClN3O5/c1-5-13(3)22-28-19-8-7-16(25)11-17(19)23(30)29(22)27-12-15-9-18(26)21(20(10-15)33-6-2)34-14(4)24(31)32/h7-14H,5-6H2,1-4H3,(H,31,32)/t13-,14+/m1/s1. The monoisotopic (exact) mass is 549 g/mol. The van der Waals surface area contributed by atoms with E-state index < -0.39 is 12.1 Å². The quantitative estimate of drug-likeness (QED) is 0.355. The molecule has 34 heavy (non-hydrogen) atoms. The maximum absolute atomic E-state index is 13.3. The Hall–Kier alpha value is -2.91. The Balaban J connectivity index is 2.11. The number of aromatic nitrogens is 2. The van der Waals surface area contributed by atoms with Gasteiger partial charge in [-0.3, -0.25) is 4.79 Å². The van der Waals surface area contributed by atoms with Gasteiger partial charge in [0.25, 0.3) is 5.56 Å². The minimum absolute atomic E-state index is 0.00578. The minimum Gasteiger partial charge on any atom is -0.490 e. The highest BCUT2D eigenvalue weighted by molar-refractivity contribution is 9.10. The minimum atomic E-state index is -1.13. The van der Waals surface area contributed by atoms with Gasteiger partial charge in [-0.15, -0.1) is 0 Å². The first-order valence-corrected chi connectivity index (χ1v) is 12.0. The average molecular weight is 551 g/mol. The van der Waals surface area contributed by atoms with Crippen LogP contribution in [0.25, 0.3) is 10.9 Å². The summed E-state index contributed by atoms with van der Waals surface area (Å²) in [6, 6.07) is 8.55. The summed E-state index contributed by atoms with van der Waals surface area (Å²) in [4.78, 5) is 29.2. The molecule has 0 aliphatic heterocycles. The number of rotatable bonds is 9. The van der Waals surface area contributed by atoms with Crippen LogP contribution in [0.4, 0.5) is 0 Å². The normalized spacial score (nSPS) is 13.2. The molecule has 0 aliphatic rings. The fourth-order valence-corrected chi connectivity index (χ4v) is 3.80. The number of carboxylic acids is 1. The number of halogens is 2. The van der Waals surface area contributed by atoms with Crippen LogP contribution in [0.2, 0.25) is 5.02 Å². The zero-order chi connectivity index (χ0) is 25.0. The molecule has 0 unspecified atom stereocenters. The average Bonchev–Trinajstić information content (AvgIpc) is 2.80. The van der Waals surface area contributed by atoms with Gasteiger partial charge in [0.15, 0.2) is 17.6 Å². The van der Waals surface area contributed by atoms with Crippen LogP contribution >= 0.6 is 27.5 Å². The summed E-state index contributed by atoms with van der Waals surface area (Å²) in [7, 11) is 0. The third-order valence-electron chi connectivity index (χ3n) is 5.18. The van der Waals surface area contributed by atoms with Gasteiger partial charge in [-0.25, -0.2) is 9.78 Å². The fourth-order valence-electron chi connectivity index (χ4n) is 3.17. The molecule has 0 fully saturated rings. The number of hydrogen-bond acceptors (Lipinski definition) is 6. The number of benzene rings is 2. The first-order valence-electron chi connectivity index (χ1n) is 10.8. The predicted octanol–water partition coefficient (Wildman–Crippen LogP) is 5.46. The Morgan fingerprint density at radius 3 is 2.68 bits per heavy atom. The van der Waals surface area contributed by atoms with Crippen molar-refractivity contribution >= 4 is 50.6 Å². The molecule has 0 radical (unpaired) electrons. The van der Waals surface area contributed by atoms with Crippen molar-refractivity contribution in [2.45, 2.75) is 46.1 Å². The van der Waals surface area contributed by atoms with Gasteiger partial charge in [0.1, 0.15) is 5.82 Å². The highest BCUT2D eigenvalue weighted by Gasteiger charge is 2.20. The molecule has 0 amide bonds. The number of carboxylic acid groups (broad SMARTS) is 1. The van der Waals surface area contributed by atoms with E-state index >= 15 is 0 Å². The lowest BCUT2D eigenvalue weighted by Gasteiger charge is -2.17. The van der Waals surface area contributed by atoms with Gasteiger partial charge in [-0.05, 0) is 56.2 Å². The van der Waals surface area contributed by atoms with Crippen molar-refractivity contribution < 1.29 is 19.4 Å². The maximum Gasteiger partial charge on any atom is 0.344 e. The summed E-state index contributed by atoms with van der Waals surface area (Å²) in [5, 5.41) is 14.2. The van der Waals surface area contributed by atoms with Gasteiger partial charge in [-0.2, -0.15) is 9.78 Å². The third kappa shape index (κ3) is 5.59. The van der Waals surface area contributed by atoms with E-state index in [9.17, 15) is 9.59 Å². The van der Waals surface area contributed by atoms with Crippen molar-refractivity contribution in [3.63, 3.8) is 0 Å². The number of carbonyl (C=O) groups is 1. The Bertz CT molecular complexity index is 1310. The molecule has 1 heterocycles. The lowest BCUT2D eigenvalue weighted by atomic mass is 10.1. The lowest BCUT2D eigenvalue weighted by molar-refractivity contribution is -0.144. The summed E-state index contributed by atoms with van der Waals surface area (Å²) < 4.78 is 13.2. The van der Waals surface area contributed by atoms with E-state index in [1.165, 1.54) is 17.8 Å². The molecule has 0 saturated carbocycles. The number of ether oxygens (including phenoxy) is 2. The zero-order valence-electron chi connectivity index (χ0n) is 19.2. The second-order valence-corrected chi connectivity index (χ2v) is 8.99. The first-order chi connectivity index (χ1) is 16.2. The van der Waals surface area contributed by atoms with Crippen LogP contribution in [0.1, 0.15) is 51.4 Å². The van der Waals surface area contributed by atoms with Crippen molar-refractivity contribution in [3.05, 3.63) is 61.6 Å². The van der Waals surface area contributed by atoms with Crippen LogP contribution in [-0.2, 0) is 4.79 Å². The largest absolute Gasteiger partial charge is 0.490 e. The van der Waals surface area contributed by atoms with Crippen molar-refractivity contribution in [1.29, 1.82) is 0 Å². The summed E-state index contributed by atoms with van der Waals surface area (Å²) >= 11 is 9.79. The molecule has 0 spiro atoms. The number of aliphatic carboxylic acids is 1. The molecule has 3 rings (SSSR count). The summed E-state index contributed by atoms with van der Waals surface area (Å²) in [5.74, 6) is -0.180. The predicted molar refractivity (Wildman–Crippen MR) is 136 cm³/mol. The molecule has 3 aromatic rings. The van der Waals surface area contributed by atoms with E-state index in [1.54, 1.807) is 31.2 Å². The molecule has 2 aromatic carbocycles. The molecule has 0 saturated heterocycles. The molecule has 0 bridgehead atoms. The van der Waals surface area contributed by atoms with Crippen molar-refractivity contribution in [1.82, 2.24) is 9.66 Å². The lowest BCUT2D eigenvalue weighted by Crippen LogP contribution is -2.24. The Morgan fingerprint density at radius 2 is 2.03 bits per heavy atom. The Labute approximate surface area is 210 Å². The molecule has 8 nitrogen and oxygen atoms in total. The van der Waals surface area contributed by atoms with Crippen LogP contribution in [0.3, 0.4) is 0 Å². The summed E-state index contributed by atoms with van der Waals surface area (Å²) in [5.41, 5.74) is 0.856. The van der Waals surface area contributed by atoms with Gasteiger partial charge in [0.2, 0.25) is 0 Å². The molecule has 0 aliphatic carbocycles. The highest BCUT2D eigenvalue weighted by atomic mass is 79.9. The van der Waals surface area contributed by atoms with Crippen LogP contribution < -0.4 is 15.0 Å². The van der Waals surface area contributed by atoms with E-state index in [4.69, 9.17) is 26.2 Å². The van der Waals surface area contributed by atoms with E-state index in [0.717, 1.165) is 10.9 Å². The van der Waals surface area contributed by atoms with Crippen LogP contribution in [0.5, 0.6) is 11.5 Å².